The molecule has 0 bridgehead atoms. The van der Waals surface area contributed by atoms with Crippen molar-refractivity contribution >= 4 is 45.8 Å². The predicted octanol–water partition coefficient (Wildman–Crippen LogP) is 3.27. The normalized spacial score (nSPS) is 10.0. The Labute approximate surface area is 136 Å². The van der Waals surface area contributed by atoms with Crippen LogP contribution in [0.25, 0.3) is 0 Å². The van der Waals surface area contributed by atoms with Crippen LogP contribution >= 0.6 is 22.6 Å². The number of halogens is 1. The van der Waals surface area contributed by atoms with Crippen molar-refractivity contribution < 1.29 is 4.79 Å². The van der Waals surface area contributed by atoms with Gasteiger partial charge in [0.05, 0.1) is 14.9 Å². The lowest BCUT2D eigenvalue weighted by atomic mass is 10.2. The molecule has 3 N–H and O–H groups in total. The zero-order valence-electron chi connectivity index (χ0n) is 11.8. The molecule has 2 rings (SSSR count). The van der Waals surface area contributed by atoms with Crippen molar-refractivity contribution in [2.45, 2.75) is 13.8 Å². The highest BCUT2D eigenvalue weighted by atomic mass is 127. The second kappa shape index (κ2) is 7.21. The molecule has 0 saturated carbocycles. The van der Waals surface area contributed by atoms with Crippen molar-refractivity contribution in [3.8, 4) is 0 Å². The molecule has 1 heterocycles. The second-order valence-electron chi connectivity index (χ2n) is 4.27. The van der Waals surface area contributed by atoms with Crippen molar-refractivity contribution in [2.75, 3.05) is 17.2 Å². The molecule has 6 nitrogen and oxygen atoms in total. The van der Waals surface area contributed by atoms with Crippen molar-refractivity contribution in [3.05, 3.63) is 39.9 Å². The number of carbonyl (C=O) groups excluding carboxylic acids is 1. The summed E-state index contributed by atoms with van der Waals surface area (Å²) in [4.78, 5) is 20.2. The predicted molar refractivity (Wildman–Crippen MR) is 91.9 cm³/mol. The van der Waals surface area contributed by atoms with Crippen molar-refractivity contribution in [3.63, 3.8) is 0 Å². The standard InChI is InChI=1S/C14H16IN5O/c1-3-16-14(21)20-12-7-5-4-6-11(12)19-13-10(15)8-17-9(2)18-13/h4-8H,3H2,1-2H3,(H2,16,20,21)(H,17,18,19). The fraction of sp³-hybridized carbons (Fsp3) is 0.214. The van der Waals surface area contributed by atoms with Crippen LogP contribution < -0.4 is 16.0 Å². The van der Waals surface area contributed by atoms with Gasteiger partial charge in [-0.2, -0.15) is 0 Å². The summed E-state index contributed by atoms with van der Waals surface area (Å²) in [7, 11) is 0. The van der Waals surface area contributed by atoms with Crippen LogP contribution in [0.2, 0.25) is 0 Å². The number of anilines is 3. The number of rotatable bonds is 4. The molecule has 21 heavy (non-hydrogen) atoms. The topological polar surface area (TPSA) is 78.9 Å². The number of carbonyl (C=O) groups is 1. The van der Waals surface area contributed by atoms with E-state index in [-0.39, 0.29) is 6.03 Å². The Kier molecular flexibility index (Phi) is 5.32. The largest absolute Gasteiger partial charge is 0.338 e. The van der Waals surface area contributed by atoms with Crippen LogP contribution in [0.5, 0.6) is 0 Å². The summed E-state index contributed by atoms with van der Waals surface area (Å²) in [6, 6.07) is 7.24. The monoisotopic (exact) mass is 397 g/mol. The highest BCUT2D eigenvalue weighted by Gasteiger charge is 2.08. The molecule has 0 aliphatic heterocycles. The van der Waals surface area contributed by atoms with E-state index in [9.17, 15) is 4.79 Å². The van der Waals surface area contributed by atoms with Crippen LogP contribution in [0.4, 0.5) is 22.0 Å². The lowest BCUT2D eigenvalue weighted by molar-refractivity contribution is 0.252. The maximum absolute atomic E-state index is 11.7. The average molecular weight is 397 g/mol. The molecule has 1 aromatic heterocycles. The summed E-state index contributed by atoms with van der Waals surface area (Å²) in [5.74, 6) is 1.40. The molecule has 1 aromatic carbocycles. The summed E-state index contributed by atoms with van der Waals surface area (Å²) in [6.07, 6.45) is 1.76. The molecule has 0 atom stereocenters. The van der Waals surface area contributed by atoms with Crippen LogP contribution in [-0.2, 0) is 0 Å². The van der Waals surface area contributed by atoms with Gasteiger partial charge in [-0.15, -0.1) is 0 Å². The Morgan fingerprint density at radius 3 is 2.71 bits per heavy atom. The fourth-order valence-electron chi connectivity index (χ4n) is 1.70. The summed E-state index contributed by atoms with van der Waals surface area (Å²) in [6.45, 7) is 4.28. The molecular weight excluding hydrogens is 381 g/mol. The minimum atomic E-state index is -0.236. The number of aromatic nitrogens is 2. The summed E-state index contributed by atoms with van der Waals surface area (Å²) < 4.78 is 0.908. The van der Waals surface area contributed by atoms with Gasteiger partial charge < -0.3 is 16.0 Å². The average Bonchev–Trinajstić information content (AvgIpc) is 2.45. The van der Waals surface area contributed by atoms with Crippen molar-refractivity contribution in [1.29, 1.82) is 0 Å². The Morgan fingerprint density at radius 1 is 1.29 bits per heavy atom. The van der Waals surface area contributed by atoms with Gasteiger partial charge in [0.25, 0.3) is 0 Å². The Hall–Kier alpha value is -1.90. The van der Waals surface area contributed by atoms with Crippen molar-refractivity contribution in [2.24, 2.45) is 0 Å². The fourth-order valence-corrected chi connectivity index (χ4v) is 2.09. The van der Waals surface area contributed by atoms with Crippen molar-refractivity contribution in [1.82, 2.24) is 15.3 Å². The molecule has 0 saturated heterocycles. The van der Waals surface area contributed by atoms with Crippen LogP contribution in [0, 0.1) is 10.5 Å². The SMILES string of the molecule is CCNC(=O)Nc1ccccc1Nc1nc(C)ncc1I. The summed E-state index contributed by atoms with van der Waals surface area (Å²) in [5, 5.41) is 8.74. The first-order valence-electron chi connectivity index (χ1n) is 6.50. The van der Waals surface area contributed by atoms with E-state index in [1.807, 2.05) is 38.1 Å². The molecule has 2 amide bonds. The molecule has 110 valence electrons. The minimum Gasteiger partial charge on any atom is -0.338 e. The lowest BCUT2D eigenvalue weighted by Gasteiger charge is -2.13. The zero-order chi connectivity index (χ0) is 15.2. The van der Waals surface area contributed by atoms with Crippen LogP contribution in [-0.4, -0.2) is 22.5 Å². The molecule has 7 heteroatoms. The van der Waals surface area contributed by atoms with Gasteiger partial charge in [0.1, 0.15) is 11.6 Å². The van der Waals surface area contributed by atoms with E-state index >= 15 is 0 Å². The van der Waals surface area contributed by atoms with Gasteiger partial charge in [-0.05, 0) is 48.6 Å². The lowest BCUT2D eigenvalue weighted by Crippen LogP contribution is -2.28. The maximum Gasteiger partial charge on any atom is 0.319 e. The molecule has 0 aliphatic carbocycles. The van der Waals surface area contributed by atoms with Crippen LogP contribution in [0.1, 0.15) is 12.7 Å². The minimum absolute atomic E-state index is 0.236. The number of nitrogens with one attached hydrogen (secondary N) is 3. The Balaban J connectivity index is 2.24. The molecule has 0 radical (unpaired) electrons. The number of aryl methyl sites for hydroxylation is 1. The molecule has 2 aromatic rings. The third-order valence-electron chi connectivity index (χ3n) is 2.63. The highest BCUT2D eigenvalue weighted by molar-refractivity contribution is 14.1. The third-order valence-corrected chi connectivity index (χ3v) is 3.42. The first kappa shape index (κ1) is 15.5. The zero-order valence-corrected chi connectivity index (χ0v) is 13.9. The Morgan fingerprint density at radius 2 is 2.00 bits per heavy atom. The van der Waals surface area contributed by atoms with Gasteiger partial charge in [-0.3, -0.25) is 0 Å². The van der Waals surface area contributed by atoms with E-state index in [2.05, 4.69) is 48.5 Å². The van der Waals surface area contributed by atoms with Gasteiger partial charge in [0, 0.05) is 12.7 Å². The molecule has 0 unspecified atom stereocenters. The van der Waals surface area contributed by atoms with Gasteiger partial charge in [-0.1, -0.05) is 12.1 Å². The van der Waals surface area contributed by atoms with E-state index in [1.54, 1.807) is 6.20 Å². The summed E-state index contributed by atoms with van der Waals surface area (Å²) >= 11 is 2.17. The number of hydrogen-bond acceptors (Lipinski definition) is 4. The highest BCUT2D eigenvalue weighted by Crippen LogP contribution is 2.26. The number of urea groups is 1. The summed E-state index contributed by atoms with van der Waals surface area (Å²) in [5.41, 5.74) is 1.47. The van der Waals surface area contributed by atoms with E-state index in [0.29, 0.717) is 23.9 Å². The number of benzene rings is 1. The molecule has 0 aliphatic rings. The number of para-hydroxylation sites is 2. The van der Waals surface area contributed by atoms with Gasteiger partial charge >= 0.3 is 6.03 Å². The first-order chi connectivity index (χ1) is 10.1. The van der Waals surface area contributed by atoms with E-state index in [1.165, 1.54) is 0 Å². The second-order valence-corrected chi connectivity index (χ2v) is 5.43. The number of nitrogens with zero attached hydrogens (tertiary/aromatic N) is 2. The van der Waals surface area contributed by atoms with Crippen LogP contribution in [0.3, 0.4) is 0 Å². The first-order valence-corrected chi connectivity index (χ1v) is 7.58. The smallest absolute Gasteiger partial charge is 0.319 e. The van der Waals surface area contributed by atoms with Gasteiger partial charge in [-0.25, -0.2) is 14.8 Å². The molecule has 0 fully saturated rings. The third kappa shape index (κ3) is 4.28. The molecular formula is C14H16IN5O. The molecule has 0 spiro atoms. The van der Waals surface area contributed by atoms with Crippen LogP contribution in [0.15, 0.2) is 30.5 Å². The maximum atomic E-state index is 11.7. The van der Waals surface area contributed by atoms with E-state index in [0.717, 1.165) is 9.26 Å². The quantitative estimate of drug-likeness (QED) is 0.692. The van der Waals surface area contributed by atoms with E-state index in [4.69, 9.17) is 0 Å². The Bertz CT molecular complexity index is 647. The van der Waals surface area contributed by atoms with Gasteiger partial charge in [0.2, 0.25) is 0 Å². The van der Waals surface area contributed by atoms with Gasteiger partial charge in [0.15, 0.2) is 0 Å². The number of hydrogen-bond donors (Lipinski definition) is 3. The number of amides is 2. The van der Waals surface area contributed by atoms with E-state index < -0.39 is 0 Å².